The first-order chi connectivity index (χ1) is 8.35. The minimum atomic E-state index is -0.423. The second-order valence-corrected chi connectivity index (χ2v) is 6.07. The minimum absolute atomic E-state index is 0.180. The number of allylic oxidation sites excluding steroid dienone is 1. The van der Waals surface area contributed by atoms with Gasteiger partial charge in [0, 0.05) is 6.04 Å². The Bertz CT molecular complexity index is 304. The van der Waals surface area contributed by atoms with Crippen molar-refractivity contribution < 1.29 is 9.53 Å². The maximum absolute atomic E-state index is 12.3. The third kappa shape index (κ3) is 4.35. The molecule has 1 heterocycles. The van der Waals surface area contributed by atoms with Gasteiger partial charge in [-0.2, -0.15) is 0 Å². The molecule has 2 unspecified atom stereocenters. The number of ether oxygens (including phenoxy) is 1. The summed E-state index contributed by atoms with van der Waals surface area (Å²) in [6, 6.07) is 0.462. The monoisotopic (exact) mass is 253 g/mol. The molecule has 1 aliphatic rings. The maximum Gasteiger partial charge on any atom is 0.411 e. The van der Waals surface area contributed by atoms with Crippen molar-refractivity contribution in [1.29, 1.82) is 0 Å². The fraction of sp³-hybridized carbons (Fsp3) is 0.800. The Labute approximate surface area is 111 Å². The molecule has 1 amide bonds. The van der Waals surface area contributed by atoms with E-state index >= 15 is 0 Å². The fourth-order valence-electron chi connectivity index (χ4n) is 2.34. The molecule has 1 rings (SSSR count). The highest BCUT2D eigenvalue weighted by Gasteiger charge is 2.33. The Morgan fingerprint density at radius 3 is 2.61 bits per heavy atom. The van der Waals surface area contributed by atoms with Gasteiger partial charge in [-0.15, -0.1) is 0 Å². The SMILES string of the molecule is CC/C=C/C1CCCC(C)N1C(=O)OC(C)(C)C. The molecule has 0 saturated carbocycles. The van der Waals surface area contributed by atoms with Gasteiger partial charge >= 0.3 is 6.09 Å². The van der Waals surface area contributed by atoms with Crippen molar-refractivity contribution >= 4 is 6.09 Å². The van der Waals surface area contributed by atoms with Gasteiger partial charge in [0.1, 0.15) is 5.60 Å². The largest absolute Gasteiger partial charge is 0.444 e. The summed E-state index contributed by atoms with van der Waals surface area (Å²) in [7, 11) is 0. The van der Waals surface area contributed by atoms with E-state index in [2.05, 4.69) is 26.0 Å². The average Bonchev–Trinajstić information content (AvgIpc) is 2.23. The van der Waals surface area contributed by atoms with Crippen LogP contribution < -0.4 is 0 Å². The summed E-state index contributed by atoms with van der Waals surface area (Å²) in [5.74, 6) is 0. The number of carbonyl (C=O) groups excluding carboxylic acids is 1. The molecule has 1 saturated heterocycles. The highest BCUT2D eigenvalue weighted by Crippen LogP contribution is 2.26. The molecule has 3 nitrogen and oxygen atoms in total. The molecular weight excluding hydrogens is 226 g/mol. The number of piperidine rings is 1. The molecule has 18 heavy (non-hydrogen) atoms. The van der Waals surface area contributed by atoms with E-state index in [1.807, 2.05) is 25.7 Å². The molecule has 0 bridgehead atoms. The lowest BCUT2D eigenvalue weighted by molar-refractivity contribution is 0.00359. The number of hydrogen-bond donors (Lipinski definition) is 0. The zero-order valence-electron chi connectivity index (χ0n) is 12.4. The highest BCUT2D eigenvalue weighted by molar-refractivity contribution is 5.69. The van der Waals surface area contributed by atoms with E-state index in [1.165, 1.54) is 6.42 Å². The van der Waals surface area contributed by atoms with Crippen LogP contribution in [0.5, 0.6) is 0 Å². The van der Waals surface area contributed by atoms with Gasteiger partial charge in [0.2, 0.25) is 0 Å². The van der Waals surface area contributed by atoms with Gasteiger partial charge in [0.15, 0.2) is 0 Å². The predicted octanol–water partition coefficient (Wildman–Crippen LogP) is 4.13. The number of likely N-dealkylation sites (tertiary alicyclic amines) is 1. The molecule has 0 aliphatic carbocycles. The molecule has 0 aromatic carbocycles. The predicted molar refractivity (Wildman–Crippen MR) is 74.6 cm³/mol. The van der Waals surface area contributed by atoms with Crippen LogP contribution in [0, 0.1) is 0 Å². The summed E-state index contributed by atoms with van der Waals surface area (Å²) in [5.41, 5.74) is -0.423. The molecule has 0 spiro atoms. The Morgan fingerprint density at radius 2 is 2.06 bits per heavy atom. The molecule has 104 valence electrons. The van der Waals surface area contributed by atoms with Crippen LogP contribution in [0.25, 0.3) is 0 Å². The summed E-state index contributed by atoms with van der Waals surface area (Å²) in [6.45, 7) is 9.96. The molecule has 0 radical (unpaired) electrons. The van der Waals surface area contributed by atoms with Crippen molar-refractivity contribution in [2.45, 2.75) is 78.0 Å². The summed E-state index contributed by atoms with van der Waals surface area (Å²) >= 11 is 0. The average molecular weight is 253 g/mol. The number of carbonyl (C=O) groups is 1. The quantitative estimate of drug-likeness (QED) is 0.692. The zero-order chi connectivity index (χ0) is 13.8. The van der Waals surface area contributed by atoms with E-state index in [-0.39, 0.29) is 18.2 Å². The van der Waals surface area contributed by atoms with E-state index in [4.69, 9.17) is 4.74 Å². The van der Waals surface area contributed by atoms with Gasteiger partial charge in [-0.25, -0.2) is 4.79 Å². The molecule has 1 aliphatic heterocycles. The first-order valence-corrected chi connectivity index (χ1v) is 7.03. The van der Waals surface area contributed by atoms with Crippen molar-refractivity contribution in [3.63, 3.8) is 0 Å². The van der Waals surface area contributed by atoms with Crippen LogP contribution in [0.15, 0.2) is 12.2 Å². The first kappa shape index (κ1) is 15.1. The lowest BCUT2D eigenvalue weighted by atomic mass is 9.96. The van der Waals surface area contributed by atoms with Crippen LogP contribution >= 0.6 is 0 Å². The van der Waals surface area contributed by atoms with E-state index in [9.17, 15) is 4.79 Å². The topological polar surface area (TPSA) is 29.5 Å². The third-order valence-corrected chi connectivity index (χ3v) is 3.15. The van der Waals surface area contributed by atoms with Crippen LogP contribution in [0.4, 0.5) is 4.79 Å². The van der Waals surface area contributed by atoms with Crippen LogP contribution in [0.1, 0.15) is 60.3 Å². The zero-order valence-corrected chi connectivity index (χ0v) is 12.4. The summed E-state index contributed by atoms with van der Waals surface area (Å²) in [6.07, 6.45) is 8.40. The van der Waals surface area contributed by atoms with E-state index in [1.54, 1.807) is 0 Å². The van der Waals surface area contributed by atoms with Crippen molar-refractivity contribution in [2.75, 3.05) is 0 Å². The van der Waals surface area contributed by atoms with Crippen LogP contribution in [0.3, 0.4) is 0 Å². The van der Waals surface area contributed by atoms with Gasteiger partial charge in [-0.1, -0.05) is 19.1 Å². The second-order valence-electron chi connectivity index (χ2n) is 6.07. The van der Waals surface area contributed by atoms with Crippen molar-refractivity contribution in [1.82, 2.24) is 4.90 Å². The van der Waals surface area contributed by atoms with Gasteiger partial charge in [-0.05, 0) is 53.4 Å². The van der Waals surface area contributed by atoms with Gasteiger partial charge in [0.25, 0.3) is 0 Å². The third-order valence-electron chi connectivity index (χ3n) is 3.15. The molecule has 0 N–H and O–H groups in total. The number of nitrogens with zero attached hydrogens (tertiary/aromatic N) is 1. The second kappa shape index (κ2) is 6.26. The minimum Gasteiger partial charge on any atom is -0.444 e. The smallest absolute Gasteiger partial charge is 0.411 e. The Morgan fingerprint density at radius 1 is 1.39 bits per heavy atom. The number of rotatable bonds is 2. The van der Waals surface area contributed by atoms with Crippen molar-refractivity contribution in [3.8, 4) is 0 Å². The van der Waals surface area contributed by atoms with Crippen LogP contribution in [-0.2, 0) is 4.74 Å². The summed E-state index contributed by atoms with van der Waals surface area (Å²) < 4.78 is 5.51. The standard InChI is InChI=1S/C15H27NO2/c1-6-7-10-13-11-8-9-12(2)16(13)14(17)18-15(3,4)5/h7,10,12-13H,6,8-9,11H2,1-5H3/b10-7+. The van der Waals surface area contributed by atoms with Gasteiger partial charge < -0.3 is 4.74 Å². The molecule has 0 aromatic rings. The number of amides is 1. The normalized spacial score (nSPS) is 25.5. The van der Waals surface area contributed by atoms with Crippen LogP contribution in [0.2, 0.25) is 0 Å². The van der Waals surface area contributed by atoms with Crippen LogP contribution in [-0.4, -0.2) is 28.7 Å². The first-order valence-electron chi connectivity index (χ1n) is 7.03. The van der Waals surface area contributed by atoms with E-state index in [0.717, 1.165) is 19.3 Å². The Kier molecular flexibility index (Phi) is 5.24. The summed E-state index contributed by atoms with van der Waals surface area (Å²) in [5, 5.41) is 0. The molecule has 0 aromatic heterocycles. The highest BCUT2D eigenvalue weighted by atomic mass is 16.6. The van der Waals surface area contributed by atoms with Crippen molar-refractivity contribution in [2.24, 2.45) is 0 Å². The Balaban J connectivity index is 2.77. The lowest BCUT2D eigenvalue weighted by Crippen LogP contribution is -2.49. The Hall–Kier alpha value is -0.990. The molecule has 3 heteroatoms. The van der Waals surface area contributed by atoms with E-state index in [0.29, 0.717) is 0 Å². The molecular formula is C15H27NO2. The van der Waals surface area contributed by atoms with Gasteiger partial charge in [-0.3, -0.25) is 4.90 Å². The van der Waals surface area contributed by atoms with Gasteiger partial charge in [0.05, 0.1) is 6.04 Å². The number of hydrogen-bond acceptors (Lipinski definition) is 2. The maximum atomic E-state index is 12.3. The van der Waals surface area contributed by atoms with Crippen molar-refractivity contribution in [3.05, 3.63) is 12.2 Å². The van der Waals surface area contributed by atoms with E-state index < -0.39 is 5.60 Å². The fourth-order valence-corrected chi connectivity index (χ4v) is 2.34. The molecule has 2 atom stereocenters. The lowest BCUT2D eigenvalue weighted by Gasteiger charge is -2.40. The molecule has 1 fully saturated rings. The summed E-state index contributed by atoms with van der Waals surface area (Å²) in [4.78, 5) is 14.2.